The molecule has 2 heterocycles. The Hall–Kier alpha value is -2.58. The van der Waals surface area contributed by atoms with Gasteiger partial charge in [0.1, 0.15) is 12.1 Å². The highest BCUT2D eigenvalue weighted by Crippen LogP contribution is 2.29. The van der Waals surface area contributed by atoms with Crippen LogP contribution in [0, 0.1) is 0 Å². The van der Waals surface area contributed by atoms with Gasteiger partial charge in [-0.2, -0.15) is 13.2 Å². The van der Waals surface area contributed by atoms with Gasteiger partial charge in [0.05, 0.1) is 12.1 Å². The van der Waals surface area contributed by atoms with Crippen molar-refractivity contribution in [3.05, 3.63) is 35.4 Å². The van der Waals surface area contributed by atoms with Crippen molar-refractivity contribution in [2.24, 2.45) is 0 Å². The van der Waals surface area contributed by atoms with E-state index in [1.165, 1.54) is 9.80 Å². The normalized spacial score (nSPS) is 24.0. The van der Waals surface area contributed by atoms with Crippen molar-refractivity contribution in [1.29, 1.82) is 0 Å². The van der Waals surface area contributed by atoms with Crippen LogP contribution in [0.5, 0.6) is 0 Å². The fraction of sp³-hybridized carbons (Fsp3) is 0.438. The maximum absolute atomic E-state index is 12.6. The molecule has 0 bridgehead atoms. The Morgan fingerprint density at radius 2 is 1.80 bits per heavy atom. The van der Waals surface area contributed by atoms with E-state index in [4.69, 9.17) is 0 Å². The van der Waals surface area contributed by atoms with Gasteiger partial charge in [-0.15, -0.1) is 0 Å². The molecule has 3 amide bonds. The molecule has 0 saturated carbocycles. The van der Waals surface area contributed by atoms with Crippen molar-refractivity contribution in [2.45, 2.75) is 25.2 Å². The first-order chi connectivity index (χ1) is 11.7. The third-order valence-corrected chi connectivity index (χ3v) is 4.44. The average Bonchev–Trinajstić information content (AvgIpc) is 2.58. The third kappa shape index (κ3) is 3.18. The highest BCUT2D eigenvalue weighted by molar-refractivity contribution is 5.99. The summed E-state index contributed by atoms with van der Waals surface area (Å²) in [4.78, 5) is 39.5. The first-order valence-electron chi connectivity index (χ1n) is 7.76. The number of hydrogen-bond donors (Lipinski definition) is 1. The summed E-state index contributed by atoms with van der Waals surface area (Å²) >= 11 is 0. The van der Waals surface area contributed by atoms with Gasteiger partial charge in [-0.05, 0) is 31.2 Å². The standard InChI is InChI=1S/C16H16F3N3O3/c1-9-14(24)22-7-6-21(8-12(22)13(23)20-9)15(25)10-2-4-11(5-3-10)16(17,18)19/h2-5,9,12H,6-8H2,1H3,(H,20,23)/t9-,12-/m1/s1. The molecule has 2 fully saturated rings. The number of nitrogens with one attached hydrogen (secondary N) is 1. The molecule has 2 aliphatic heterocycles. The molecule has 0 spiro atoms. The second kappa shape index (κ2) is 6.05. The maximum atomic E-state index is 12.6. The quantitative estimate of drug-likeness (QED) is 0.813. The molecule has 1 aromatic carbocycles. The molecule has 1 aromatic rings. The van der Waals surface area contributed by atoms with Crippen LogP contribution in [0.15, 0.2) is 24.3 Å². The van der Waals surface area contributed by atoms with Crippen LogP contribution in [0.3, 0.4) is 0 Å². The third-order valence-electron chi connectivity index (χ3n) is 4.44. The summed E-state index contributed by atoms with van der Waals surface area (Å²) in [6.07, 6.45) is -4.47. The Kier molecular flexibility index (Phi) is 4.18. The number of benzene rings is 1. The topological polar surface area (TPSA) is 69.7 Å². The van der Waals surface area contributed by atoms with Crippen LogP contribution in [-0.4, -0.2) is 59.2 Å². The summed E-state index contributed by atoms with van der Waals surface area (Å²) in [6, 6.07) is 2.57. The van der Waals surface area contributed by atoms with Gasteiger partial charge in [-0.3, -0.25) is 14.4 Å². The molecule has 0 aliphatic carbocycles. The number of halogens is 3. The van der Waals surface area contributed by atoms with E-state index < -0.39 is 29.7 Å². The van der Waals surface area contributed by atoms with E-state index in [0.29, 0.717) is 0 Å². The van der Waals surface area contributed by atoms with E-state index >= 15 is 0 Å². The number of carbonyl (C=O) groups is 3. The van der Waals surface area contributed by atoms with E-state index in [9.17, 15) is 27.6 Å². The van der Waals surface area contributed by atoms with Crippen LogP contribution < -0.4 is 5.32 Å². The van der Waals surface area contributed by atoms with Crippen molar-refractivity contribution in [3.8, 4) is 0 Å². The van der Waals surface area contributed by atoms with Gasteiger partial charge in [-0.1, -0.05) is 0 Å². The summed E-state index contributed by atoms with van der Waals surface area (Å²) in [5, 5.41) is 2.56. The Morgan fingerprint density at radius 3 is 2.40 bits per heavy atom. The first kappa shape index (κ1) is 17.2. The molecular formula is C16H16F3N3O3. The number of carbonyl (C=O) groups excluding carboxylic acids is 3. The molecule has 2 aliphatic rings. The minimum Gasteiger partial charge on any atom is -0.343 e. The minimum atomic E-state index is -4.47. The lowest BCUT2D eigenvalue weighted by Crippen LogP contribution is -2.69. The van der Waals surface area contributed by atoms with Gasteiger partial charge in [0.15, 0.2) is 0 Å². The SMILES string of the molecule is C[C@H]1NC(=O)[C@H]2CN(C(=O)c3ccc(C(F)(F)F)cc3)CCN2C1=O. The predicted octanol–water partition coefficient (Wildman–Crippen LogP) is 0.877. The number of nitrogens with zero attached hydrogens (tertiary/aromatic N) is 2. The van der Waals surface area contributed by atoms with E-state index in [-0.39, 0.29) is 37.0 Å². The van der Waals surface area contributed by atoms with Gasteiger partial charge < -0.3 is 15.1 Å². The van der Waals surface area contributed by atoms with Crippen molar-refractivity contribution in [2.75, 3.05) is 19.6 Å². The summed E-state index contributed by atoms with van der Waals surface area (Å²) in [5.41, 5.74) is -0.725. The van der Waals surface area contributed by atoms with Crippen molar-refractivity contribution >= 4 is 17.7 Å². The Morgan fingerprint density at radius 1 is 1.16 bits per heavy atom. The Balaban J connectivity index is 1.74. The zero-order valence-electron chi connectivity index (χ0n) is 13.3. The minimum absolute atomic E-state index is 0.0180. The lowest BCUT2D eigenvalue weighted by atomic mass is 10.0. The summed E-state index contributed by atoms with van der Waals surface area (Å²) < 4.78 is 37.8. The van der Waals surface area contributed by atoms with Crippen LogP contribution in [-0.2, 0) is 15.8 Å². The second-order valence-corrected chi connectivity index (χ2v) is 6.10. The molecular weight excluding hydrogens is 339 g/mol. The van der Waals surface area contributed by atoms with Crippen molar-refractivity contribution in [3.63, 3.8) is 0 Å². The maximum Gasteiger partial charge on any atom is 0.416 e. The number of hydrogen-bond acceptors (Lipinski definition) is 3. The molecule has 0 radical (unpaired) electrons. The van der Waals surface area contributed by atoms with E-state index in [1.54, 1.807) is 6.92 Å². The second-order valence-electron chi connectivity index (χ2n) is 6.10. The van der Waals surface area contributed by atoms with Crippen LogP contribution in [0.1, 0.15) is 22.8 Å². The first-order valence-corrected chi connectivity index (χ1v) is 7.76. The predicted molar refractivity (Wildman–Crippen MR) is 80.5 cm³/mol. The van der Waals surface area contributed by atoms with Crippen molar-refractivity contribution < 1.29 is 27.6 Å². The lowest BCUT2D eigenvalue weighted by Gasteiger charge is -2.44. The lowest BCUT2D eigenvalue weighted by molar-refractivity contribution is -0.151. The Labute approximate surface area is 141 Å². The number of amides is 3. The monoisotopic (exact) mass is 355 g/mol. The molecule has 6 nitrogen and oxygen atoms in total. The molecule has 0 unspecified atom stereocenters. The van der Waals surface area contributed by atoms with Crippen molar-refractivity contribution in [1.82, 2.24) is 15.1 Å². The summed E-state index contributed by atoms with van der Waals surface area (Å²) in [7, 11) is 0. The smallest absolute Gasteiger partial charge is 0.343 e. The van der Waals surface area contributed by atoms with Gasteiger partial charge in [0.2, 0.25) is 11.8 Å². The van der Waals surface area contributed by atoms with Crippen LogP contribution in [0.25, 0.3) is 0 Å². The largest absolute Gasteiger partial charge is 0.416 e. The highest BCUT2D eigenvalue weighted by atomic mass is 19.4. The number of alkyl halides is 3. The molecule has 1 N–H and O–H groups in total. The molecule has 25 heavy (non-hydrogen) atoms. The summed E-state index contributed by atoms with van der Waals surface area (Å²) in [6.45, 7) is 2.05. The molecule has 134 valence electrons. The average molecular weight is 355 g/mol. The molecule has 9 heteroatoms. The van der Waals surface area contributed by atoms with E-state index in [0.717, 1.165) is 24.3 Å². The van der Waals surface area contributed by atoms with Gasteiger partial charge >= 0.3 is 6.18 Å². The zero-order valence-corrected chi connectivity index (χ0v) is 13.3. The number of fused-ring (bicyclic) bond motifs is 1. The van der Waals surface area contributed by atoms with Crippen LogP contribution in [0.4, 0.5) is 13.2 Å². The number of piperazine rings is 2. The van der Waals surface area contributed by atoms with E-state index in [2.05, 4.69) is 5.32 Å². The fourth-order valence-electron chi connectivity index (χ4n) is 3.06. The van der Waals surface area contributed by atoms with E-state index in [1.807, 2.05) is 0 Å². The molecule has 2 atom stereocenters. The zero-order chi connectivity index (χ0) is 18.4. The molecule has 0 aromatic heterocycles. The van der Waals surface area contributed by atoms with Gasteiger partial charge in [-0.25, -0.2) is 0 Å². The van der Waals surface area contributed by atoms with Gasteiger partial charge in [0, 0.05) is 18.7 Å². The summed E-state index contributed by atoms with van der Waals surface area (Å²) in [5.74, 6) is -1.00. The van der Waals surface area contributed by atoms with Crippen LogP contribution in [0.2, 0.25) is 0 Å². The molecule has 3 rings (SSSR count). The van der Waals surface area contributed by atoms with Gasteiger partial charge in [0.25, 0.3) is 5.91 Å². The fourth-order valence-corrected chi connectivity index (χ4v) is 3.06. The molecule has 2 saturated heterocycles. The van der Waals surface area contributed by atoms with Crippen LogP contribution >= 0.6 is 0 Å². The number of rotatable bonds is 1. The highest BCUT2D eigenvalue weighted by Gasteiger charge is 2.42. The Bertz CT molecular complexity index is 718.